The van der Waals surface area contributed by atoms with Crippen LogP contribution in [0, 0.1) is 0 Å². The van der Waals surface area contributed by atoms with Gasteiger partial charge >= 0.3 is 0 Å². The van der Waals surface area contributed by atoms with Crippen LogP contribution in [-0.4, -0.2) is 53.1 Å². The highest BCUT2D eigenvalue weighted by Crippen LogP contribution is 2.35. The van der Waals surface area contributed by atoms with Crippen molar-refractivity contribution in [3.8, 4) is 5.75 Å². The first kappa shape index (κ1) is 25.8. The molecular formula is C31H36N2O3. The third-order valence-corrected chi connectivity index (χ3v) is 6.97. The molecule has 1 aliphatic rings. The summed E-state index contributed by atoms with van der Waals surface area (Å²) in [4.78, 5) is 28.5. The summed E-state index contributed by atoms with van der Waals surface area (Å²) in [5.74, 6) is 0.750. The number of nitrogens with zero attached hydrogens (tertiary/aromatic N) is 2. The van der Waals surface area contributed by atoms with Gasteiger partial charge in [-0.15, -0.1) is 0 Å². The fourth-order valence-corrected chi connectivity index (χ4v) is 5.06. The summed E-state index contributed by atoms with van der Waals surface area (Å²) in [7, 11) is 0. The summed E-state index contributed by atoms with van der Waals surface area (Å²) in [5.41, 5.74) is 4.29. The molecule has 0 N–H and O–H groups in total. The summed E-state index contributed by atoms with van der Waals surface area (Å²) in [5, 5.41) is 0. The average Bonchev–Trinajstić information content (AvgIpc) is 2.87. The van der Waals surface area contributed by atoms with Gasteiger partial charge in [0.05, 0.1) is 6.04 Å². The Hall–Kier alpha value is -3.28. The van der Waals surface area contributed by atoms with E-state index in [0.717, 1.165) is 30.8 Å². The predicted molar refractivity (Wildman–Crippen MR) is 143 cm³/mol. The summed E-state index contributed by atoms with van der Waals surface area (Å²) in [6, 6.07) is 27.3. The quantitative estimate of drug-likeness (QED) is 0.373. The minimum absolute atomic E-state index is 0.00297. The van der Waals surface area contributed by atoms with Crippen molar-refractivity contribution in [1.29, 1.82) is 0 Å². The summed E-state index contributed by atoms with van der Waals surface area (Å²) >= 11 is 0. The van der Waals surface area contributed by atoms with Crippen molar-refractivity contribution in [2.24, 2.45) is 0 Å². The fraction of sp³-hybridized carbons (Fsp3) is 0.355. The molecule has 3 atom stereocenters. The van der Waals surface area contributed by atoms with Gasteiger partial charge in [0.1, 0.15) is 12.4 Å². The van der Waals surface area contributed by atoms with E-state index in [-0.39, 0.29) is 24.2 Å². The number of carbonyl (C=O) groups excluding carboxylic acids is 2. The number of ether oxygens (including phenoxy) is 1. The van der Waals surface area contributed by atoms with Crippen LogP contribution in [0.5, 0.6) is 5.75 Å². The Morgan fingerprint density at radius 3 is 2.25 bits per heavy atom. The first-order valence-corrected chi connectivity index (χ1v) is 12.7. The number of ketones is 2. The Morgan fingerprint density at radius 1 is 0.861 bits per heavy atom. The molecule has 1 heterocycles. The summed E-state index contributed by atoms with van der Waals surface area (Å²) in [6.45, 7) is 10.6. The molecule has 0 spiro atoms. The molecule has 188 valence electrons. The number of Topliss-reactive ketones (excluding diaryl/α,β-unsaturated/α-hetero) is 2. The SMILES string of the molecule is CC(=O)COc1cccc([C@@H](c2ccc(C(C)=O)cc2)N2C[C@@H](C)N(Cc3ccccc3)C[C@@H]2C)c1. The molecule has 0 aromatic heterocycles. The number of rotatable bonds is 9. The molecule has 1 fully saturated rings. The van der Waals surface area contributed by atoms with Gasteiger partial charge in [-0.05, 0) is 56.5 Å². The largest absolute Gasteiger partial charge is 0.486 e. The standard InChI is InChI=1S/C31H36N2O3/c1-22-19-33(23(2)18-32(22)20-26-9-6-5-7-10-26)31(28-15-13-27(14-16-28)25(4)35)29-11-8-12-30(17-29)36-21-24(3)34/h5-17,22-23,31H,18-21H2,1-4H3/t22-,23+,31-/m1/s1. The lowest BCUT2D eigenvalue weighted by Gasteiger charge is -2.47. The van der Waals surface area contributed by atoms with Crippen molar-refractivity contribution in [2.45, 2.75) is 52.4 Å². The first-order chi connectivity index (χ1) is 17.3. The van der Waals surface area contributed by atoms with Crippen LogP contribution >= 0.6 is 0 Å². The molecule has 0 radical (unpaired) electrons. The van der Waals surface area contributed by atoms with Gasteiger partial charge in [0.25, 0.3) is 0 Å². The average molecular weight is 485 g/mol. The molecule has 5 nitrogen and oxygen atoms in total. The normalized spacial score (nSPS) is 19.6. The monoisotopic (exact) mass is 484 g/mol. The molecule has 0 saturated carbocycles. The zero-order valence-electron chi connectivity index (χ0n) is 21.7. The van der Waals surface area contributed by atoms with Crippen LogP contribution in [-0.2, 0) is 11.3 Å². The molecule has 3 aromatic carbocycles. The molecule has 0 amide bonds. The van der Waals surface area contributed by atoms with Gasteiger partial charge in [-0.25, -0.2) is 0 Å². The van der Waals surface area contributed by atoms with Crippen LogP contribution in [0.25, 0.3) is 0 Å². The maximum Gasteiger partial charge on any atom is 0.167 e. The Labute approximate surface area is 214 Å². The summed E-state index contributed by atoms with van der Waals surface area (Å²) < 4.78 is 5.74. The Morgan fingerprint density at radius 2 is 1.58 bits per heavy atom. The lowest BCUT2D eigenvalue weighted by molar-refractivity contribution is -0.118. The van der Waals surface area contributed by atoms with Gasteiger partial charge in [0.2, 0.25) is 0 Å². The number of hydrogen-bond acceptors (Lipinski definition) is 5. The van der Waals surface area contributed by atoms with Crippen molar-refractivity contribution in [3.63, 3.8) is 0 Å². The van der Waals surface area contributed by atoms with E-state index in [4.69, 9.17) is 4.74 Å². The minimum atomic E-state index is -0.00578. The van der Waals surface area contributed by atoms with Crippen molar-refractivity contribution in [2.75, 3.05) is 19.7 Å². The number of carbonyl (C=O) groups is 2. The van der Waals surface area contributed by atoms with Crippen molar-refractivity contribution in [3.05, 3.63) is 101 Å². The Bertz CT molecular complexity index is 1180. The number of hydrogen-bond donors (Lipinski definition) is 0. The van der Waals surface area contributed by atoms with Crippen molar-refractivity contribution >= 4 is 11.6 Å². The second-order valence-corrected chi connectivity index (χ2v) is 9.95. The van der Waals surface area contributed by atoms with Crippen LogP contribution in [0.15, 0.2) is 78.9 Å². The van der Waals surface area contributed by atoms with Gasteiger partial charge in [-0.1, -0.05) is 66.7 Å². The fourth-order valence-electron chi connectivity index (χ4n) is 5.06. The van der Waals surface area contributed by atoms with E-state index in [2.05, 4.69) is 72.2 Å². The minimum Gasteiger partial charge on any atom is -0.486 e. The zero-order valence-corrected chi connectivity index (χ0v) is 21.7. The molecule has 3 aromatic rings. The molecule has 0 aliphatic carbocycles. The smallest absolute Gasteiger partial charge is 0.167 e. The van der Waals surface area contributed by atoms with Gasteiger partial charge < -0.3 is 4.74 Å². The Kier molecular flexibility index (Phi) is 8.34. The second kappa shape index (κ2) is 11.6. The second-order valence-electron chi connectivity index (χ2n) is 9.95. The van der Waals surface area contributed by atoms with E-state index in [9.17, 15) is 9.59 Å². The summed E-state index contributed by atoms with van der Waals surface area (Å²) in [6.07, 6.45) is 0. The molecular weight excluding hydrogens is 448 g/mol. The lowest BCUT2D eigenvalue weighted by Crippen LogP contribution is -2.56. The predicted octanol–water partition coefficient (Wildman–Crippen LogP) is 5.54. The molecule has 1 aliphatic heterocycles. The van der Waals surface area contributed by atoms with Gasteiger partial charge in [0.15, 0.2) is 11.6 Å². The lowest BCUT2D eigenvalue weighted by atomic mass is 9.92. The molecule has 4 rings (SSSR count). The van der Waals surface area contributed by atoms with E-state index in [1.165, 1.54) is 12.5 Å². The molecule has 5 heteroatoms. The van der Waals surface area contributed by atoms with Crippen molar-refractivity contribution < 1.29 is 14.3 Å². The van der Waals surface area contributed by atoms with E-state index in [1.54, 1.807) is 6.92 Å². The Balaban J connectivity index is 1.64. The molecule has 0 unspecified atom stereocenters. The highest BCUT2D eigenvalue weighted by molar-refractivity contribution is 5.94. The van der Waals surface area contributed by atoms with E-state index in [1.807, 2.05) is 30.3 Å². The first-order valence-electron chi connectivity index (χ1n) is 12.7. The highest BCUT2D eigenvalue weighted by atomic mass is 16.5. The molecule has 1 saturated heterocycles. The number of piperazine rings is 1. The topological polar surface area (TPSA) is 49.9 Å². The number of benzene rings is 3. The third-order valence-electron chi connectivity index (χ3n) is 6.97. The highest BCUT2D eigenvalue weighted by Gasteiger charge is 2.35. The van der Waals surface area contributed by atoms with E-state index < -0.39 is 0 Å². The van der Waals surface area contributed by atoms with Gasteiger partial charge in [0, 0.05) is 37.3 Å². The zero-order chi connectivity index (χ0) is 25.7. The van der Waals surface area contributed by atoms with Crippen LogP contribution in [0.3, 0.4) is 0 Å². The molecule has 36 heavy (non-hydrogen) atoms. The van der Waals surface area contributed by atoms with Crippen LogP contribution in [0.4, 0.5) is 0 Å². The van der Waals surface area contributed by atoms with E-state index in [0.29, 0.717) is 23.4 Å². The molecule has 0 bridgehead atoms. The maximum atomic E-state index is 11.9. The van der Waals surface area contributed by atoms with Crippen LogP contribution < -0.4 is 4.74 Å². The third kappa shape index (κ3) is 6.28. The van der Waals surface area contributed by atoms with Crippen LogP contribution in [0.1, 0.15) is 60.8 Å². The van der Waals surface area contributed by atoms with E-state index >= 15 is 0 Å². The van der Waals surface area contributed by atoms with Crippen LogP contribution in [0.2, 0.25) is 0 Å². The van der Waals surface area contributed by atoms with Crippen molar-refractivity contribution in [1.82, 2.24) is 9.80 Å². The van der Waals surface area contributed by atoms with Gasteiger partial charge in [-0.3, -0.25) is 19.4 Å². The van der Waals surface area contributed by atoms with Gasteiger partial charge in [-0.2, -0.15) is 0 Å². The maximum absolute atomic E-state index is 11.9.